The number of carbonyl (C=O) groups is 1. The molecule has 1 N–H and O–H groups in total. The fraction of sp³-hybridized carbons (Fsp3) is 0.409. The number of nitrogens with one attached hydrogen (secondary N) is 1. The van der Waals surface area contributed by atoms with Crippen molar-refractivity contribution >= 4 is 31.6 Å². The lowest BCUT2D eigenvalue weighted by molar-refractivity contribution is -0.117. The summed E-state index contributed by atoms with van der Waals surface area (Å²) < 4.78 is 52.7. The van der Waals surface area contributed by atoms with Gasteiger partial charge in [0.15, 0.2) is 0 Å². The third kappa shape index (κ3) is 5.79. The van der Waals surface area contributed by atoms with E-state index in [-0.39, 0.29) is 22.2 Å². The molecule has 0 radical (unpaired) electrons. The molecular formula is C22H30N4O5S2. The monoisotopic (exact) mass is 494 g/mol. The van der Waals surface area contributed by atoms with Crippen LogP contribution in [0.25, 0.3) is 0 Å². The molecule has 1 fully saturated rings. The van der Waals surface area contributed by atoms with Crippen molar-refractivity contribution in [3.05, 3.63) is 53.6 Å². The summed E-state index contributed by atoms with van der Waals surface area (Å²) in [6.07, 6.45) is 0. The van der Waals surface area contributed by atoms with E-state index < -0.39 is 20.0 Å². The number of rotatable bonds is 7. The maximum Gasteiger partial charge on any atom is 0.243 e. The van der Waals surface area contributed by atoms with Gasteiger partial charge in [0, 0.05) is 46.0 Å². The summed E-state index contributed by atoms with van der Waals surface area (Å²) >= 11 is 0. The van der Waals surface area contributed by atoms with E-state index in [1.54, 1.807) is 24.3 Å². The molecule has 0 spiro atoms. The van der Waals surface area contributed by atoms with Crippen molar-refractivity contribution in [2.24, 2.45) is 0 Å². The van der Waals surface area contributed by atoms with Crippen LogP contribution in [0.15, 0.2) is 52.3 Å². The number of piperazine rings is 1. The number of aryl methyl sites for hydroxylation is 2. The largest absolute Gasteiger partial charge is 0.325 e. The summed E-state index contributed by atoms with van der Waals surface area (Å²) in [5, 5.41) is 2.76. The molecule has 2 aromatic rings. The lowest BCUT2D eigenvalue weighted by Crippen LogP contribution is -2.50. The maximum atomic E-state index is 12.9. The molecular weight excluding hydrogens is 464 g/mol. The first-order chi connectivity index (χ1) is 15.4. The zero-order valence-corrected chi connectivity index (χ0v) is 20.9. The average molecular weight is 495 g/mol. The molecule has 0 saturated carbocycles. The van der Waals surface area contributed by atoms with Crippen LogP contribution in [-0.4, -0.2) is 83.1 Å². The molecule has 1 aliphatic heterocycles. The van der Waals surface area contributed by atoms with E-state index in [0.29, 0.717) is 31.9 Å². The summed E-state index contributed by atoms with van der Waals surface area (Å²) in [5.41, 5.74) is 2.46. The number of hydrogen-bond acceptors (Lipinski definition) is 6. The first-order valence-corrected chi connectivity index (χ1v) is 13.4. The van der Waals surface area contributed by atoms with Gasteiger partial charge in [-0.25, -0.2) is 21.1 Å². The number of anilines is 1. The van der Waals surface area contributed by atoms with Crippen LogP contribution < -0.4 is 5.32 Å². The van der Waals surface area contributed by atoms with Crippen molar-refractivity contribution in [1.82, 2.24) is 13.5 Å². The van der Waals surface area contributed by atoms with Gasteiger partial charge in [0.2, 0.25) is 26.0 Å². The molecule has 1 amide bonds. The fourth-order valence-electron chi connectivity index (χ4n) is 3.48. The van der Waals surface area contributed by atoms with Gasteiger partial charge < -0.3 is 5.32 Å². The third-order valence-corrected chi connectivity index (χ3v) is 9.46. The Hall–Kier alpha value is -2.31. The highest BCUT2D eigenvalue weighted by Crippen LogP contribution is 2.21. The van der Waals surface area contributed by atoms with Crippen molar-refractivity contribution in [1.29, 1.82) is 0 Å². The Morgan fingerprint density at radius 1 is 0.879 bits per heavy atom. The van der Waals surface area contributed by atoms with Crippen LogP contribution in [0.3, 0.4) is 0 Å². The highest BCUT2D eigenvalue weighted by molar-refractivity contribution is 7.89. The smallest absolute Gasteiger partial charge is 0.243 e. The summed E-state index contributed by atoms with van der Waals surface area (Å²) in [6.45, 7) is 5.44. The minimum Gasteiger partial charge on any atom is -0.325 e. The van der Waals surface area contributed by atoms with Gasteiger partial charge in [0.25, 0.3) is 0 Å². The van der Waals surface area contributed by atoms with Crippen LogP contribution in [0.4, 0.5) is 5.69 Å². The number of benzene rings is 2. The van der Waals surface area contributed by atoms with Crippen LogP contribution >= 0.6 is 0 Å². The second kappa shape index (κ2) is 9.90. The number of carbonyl (C=O) groups excluding carboxylic acids is 1. The molecule has 180 valence electrons. The van der Waals surface area contributed by atoms with Crippen molar-refractivity contribution < 1.29 is 21.6 Å². The fourth-order valence-corrected chi connectivity index (χ4v) is 5.89. The number of hydrogen-bond donors (Lipinski definition) is 1. The Bertz CT molecular complexity index is 1220. The quantitative estimate of drug-likeness (QED) is 0.625. The van der Waals surface area contributed by atoms with Crippen LogP contribution in [0.1, 0.15) is 11.1 Å². The topological polar surface area (TPSA) is 107 Å². The molecule has 33 heavy (non-hydrogen) atoms. The van der Waals surface area contributed by atoms with Gasteiger partial charge in [0.05, 0.1) is 16.3 Å². The van der Waals surface area contributed by atoms with Crippen LogP contribution in [0, 0.1) is 13.8 Å². The average Bonchev–Trinajstić information content (AvgIpc) is 2.76. The summed E-state index contributed by atoms with van der Waals surface area (Å²) in [6, 6.07) is 11.1. The van der Waals surface area contributed by atoms with Gasteiger partial charge >= 0.3 is 0 Å². The Morgan fingerprint density at radius 2 is 1.45 bits per heavy atom. The van der Waals surface area contributed by atoms with Gasteiger partial charge in [-0.05, 0) is 61.4 Å². The molecule has 0 aromatic heterocycles. The van der Waals surface area contributed by atoms with E-state index >= 15 is 0 Å². The maximum absolute atomic E-state index is 12.9. The molecule has 1 aliphatic rings. The minimum absolute atomic E-state index is 0.120. The van der Waals surface area contributed by atoms with Gasteiger partial charge in [-0.15, -0.1) is 0 Å². The Kier molecular flexibility index (Phi) is 7.59. The normalized spacial score (nSPS) is 16.2. The first kappa shape index (κ1) is 25.3. The third-order valence-electron chi connectivity index (χ3n) is 5.73. The lowest BCUT2D eigenvalue weighted by Gasteiger charge is -2.33. The Labute approximate surface area is 196 Å². The number of sulfonamides is 2. The SMILES string of the molecule is Cc1ccc(S(=O)(=O)N2CCN(CC(=O)Nc3ccc(S(=O)(=O)N(C)C)cc3)CC2)cc1C. The zero-order valence-electron chi connectivity index (χ0n) is 19.3. The van der Waals surface area contributed by atoms with E-state index in [4.69, 9.17) is 0 Å². The minimum atomic E-state index is -3.57. The molecule has 1 heterocycles. The van der Waals surface area contributed by atoms with Crippen molar-refractivity contribution in [3.8, 4) is 0 Å². The predicted molar refractivity (Wildman–Crippen MR) is 127 cm³/mol. The summed E-state index contributed by atoms with van der Waals surface area (Å²) in [5.74, 6) is -0.247. The standard InChI is InChI=1S/C22H30N4O5S2/c1-17-5-8-21(15-18(17)2)33(30,31)26-13-11-25(12-14-26)16-22(27)23-19-6-9-20(10-7-19)32(28,29)24(3)4/h5-10,15H,11-14,16H2,1-4H3,(H,23,27). The van der Waals surface area contributed by atoms with E-state index in [2.05, 4.69) is 5.32 Å². The van der Waals surface area contributed by atoms with Crippen LogP contribution in [0.5, 0.6) is 0 Å². The Morgan fingerprint density at radius 3 is 2.00 bits per heavy atom. The zero-order chi connectivity index (χ0) is 24.4. The summed E-state index contributed by atoms with van der Waals surface area (Å²) in [7, 11) is -4.19. The van der Waals surface area contributed by atoms with Crippen molar-refractivity contribution in [2.45, 2.75) is 23.6 Å². The van der Waals surface area contributed by atoms with E-state index in [0.717, 1.165) is 15.4 Å². The molecule has 11 heteroatoms. The number of nitrogens with zero attached hydrogens (tertiary/aromatic N) is 3. The molecule has 3 rings (SSSR count). The van der Waals surface area contributed by atoms with E-state index in [1.165, 1.54) is 30.5 Å². The molecule has 0 bridgehead atoms. The van der Waals surface area contributed by atoms with E-state index in [9.17, 15) is 21.6 Å². The second-order valence-corrected chi connectivity index (χ2v) is 12.4. The van der Waals surface area contributed by atoms with Gasteiger partial charge in [-0.2, -0.15) is 4.31 Å². The van der Waals surface area contributed by atoms with Gasteiger partial charge in [-0.3, -0.25) is 9.69 Å². The molecule has 1 saturated heterocycles. The van der Waals surface area contributed by atoms with Crippen molar-refractivity contribution in [3.63, 3.8) is 0 Å². The molecule has 2 aromatic carbocycles. The number of amides is 1. The van der Waals surface area contributed by atoms with Crippen LogP contribution in [-0.2, 0) is 24.8 Å². The van der Waals surface area contributed by atoms with Crippen molar-refractivity contribution in [2.75, 3.05) is 52.1 Å². The molecule has 0 unspecified atom stereocenters. The summed E-state index contributed by atoms with van der Waals surface area (Å²) in [4.78, 5) is 14.8. The van der Waals surface area contributed by atoms with Gasteiger partial charge in [0.1, 0.15) is 0 Å². The first-order valence-electron chi connectivity index (χ1n) is 10.5. The highest BCUT2D eigenvalue weighted by atomic mass is 32.2. The second-order valence-electron chi connectivity index (χ2n) is 8.29. The lowest BCUT2D eigenvalue weighted by atomic mass is 10.1. The van der Waals surface area contributed by atoms with E-state index in [1.807, 2.05) is 24.8 Å². The molecule has 0 aliphatic carbocycles. The van der Waals surface area contributed by atoms with Gasteiger partial charge in [-0.1, -0.05) is 6.07 Å². The predicted octanol–water partition coefficient (Wildman–Crippen LogP) is 1.50. The highest BCUT2D eigenvalue weighted by Gasteiger charge is 2.29. The Balaban J connectivity index is 1.54. The molecule has 0 atom stereocenters. The molecule has 9 nitrogen and oxygen atoms in total. The van der Waals surface area contributed by atoms with Crippen LogP contribution in [0.2, 0.25) is 0 Å².